The number of aryl methyl sites for hydroxylation is 1. The van der Waals surface area contributed by atoms with Crippen LogP contribution in [0.2, 0.25) is 0 Å². The molecule has 3 saturated heterocycles. The van der Waals surface area contributed by atoms with Gasteiger partial charge in [0, 0.05) is 13.7 Å². The van der Waals surface area contributed by atoms with Crippen molar-refractivity contribution < 1.29 is 19.4 Å². The van der Waals surface area contributed by atoms with Crippen LogP contribution in [-0.2, 0) is 11.2 Å². The molecule has 5 aliphatic rings. The molecule has 180 valence electrons. The number of hydrogen-bond donors (Lipinski definition) is 1. The largest absolute Gasteiger partial charge is 0.468 e. The van der Waals surface area contributed by atoms with Gasteiger partial charge in [-0.25, -0.2) is 4.79 Å². The van der Waals surface area contributed by atoms with E-state index in [4.69, 9.17) is 9.47 Å². The monoisotopic (exact) mass is 462 g/mol. The lowest BCUT2D eigenvalue weighted by atomic mass is 9.73. The predicted molar refractivity (Wildman–Crippen MR) is 130 cm³/mol. The normalized spacial score (nSPS) is 28.4. The fourth-order valence-electron chi connectivity index (χ4n) is 6.81. The lowest BCUT2D eigenvalue weighted by molar-refractivity contribution is -0.0243. The van der Waals surface area contributed by atoms with Crippen molar-refractivity contribution in [1.82, 2.24) is 9.80 Å². The smallest absolute Gasteiger partial charge is 0.408 e. The zero-order valence-electron chi connectivity index (χ0n) is 19.9. The van der Waals surface area contributed by atoms with Gasteiger partial charge in [-0.3, -0.25) is 4.90 Å². The zero-order valence-corrected chi connectivity index (χ0v) is 19.9. The van der Waals surface area contributed by atoms with Crippen molar-refractivity contribution in [2.24, 2.45) is 11.3 Å². The Morgan fingerprint density at radius 2 is 1.82 bits per heavy atom. The van der Waals surface area contributed by atoms with E-state index in [0.717, 1.165) is 69.5 Å². The van der Waals surface area contributed by atoms with Crippen molar-refractivity contribution in [1.29, 1.82) is 0 Å². The van der Waals surface area contributed by atoms with E-state index in [1.54, 1.807) is 7.11 Å². The molecule has 1 amide bonds. The zero-order chi connectivity index (χ0) is 23.3. The van der Waals surface area contributed by atoms with E-state index in [1.807, 2.05) is 17.0 Å². The second-order valence-electron chi connectivity index (χ2n) is 10.6. The van der Waals surface area contributed by atoms with Crippen molar-refractivity contribution >= 4 is 6.09 Å². The molecule has 2 bridgehead atoms. The summed E-state index contributed by atoms with van der Waals surface area (Å²) in [5, 5.41) is 10.5. The maximum Gasteiger partial charge on any atom is 0.408 e. The molecule has 6 heteroatoms. The number of piperidine rings is 3. The maximum atomic E-state index is 12.8. The lowest BCUT2D eigenvalue weighted by Crippen LogP contribution is -2.60. The van der Waals surface area contributed by atoms with E-state index in [2.05, 4.69) is 35.2 Å². The molecule has 2 aromatic rings. The van der Waals surface area contributed by atoms with Gasteiger partial charge in [0.05, 0.1) is 12.1 Å². The Morgan fingerprint density at radius 1 is 1.09 bits per heavy atom. The van der Waals surface area contributed by atoms with Crippen molar-refractivity contribution in [3.8, 4) is 16.9 Å². The van der Waals surface area contributed by atoms with Crippen LogP contribution in [0.15, 0.2) is 42.5 Å². The number of nitrogens with zero attached hydrogens (tertiary/aromatic N) is 2. The van der Waals surface area contributed by atoms with Crippen LogP contribution in [0.5, 0.6) is 5.75 Å². The first-order valence-electron chi connectivity index (χ1n) is 12.7. The first kappa shape index (κ1) is 21.9. The molecule has 1 unspecified atom stereocenters. The van der Waals surface area contributed by atoms with Crippen LogP contribution in [0.1, 0.15) is 49.3 Å². The standard InChI is InChI=1S/C28H34N2O4/c1-33-18-34-23-5-2-19(3-6-23)21-4-7-24-22(16-21)8-11-28(12-13-28)26(24)30(27(31)32)25-17-29-14-9-20(25)10-15-29/h2-7,16,20,25-26H,8-15,17-18H2,1H3,(H,31,32)/t25-,26?/m1/s1. The van der Waals surface area contributed by atoms with E-state index in [0.29, 0.717) is 5.92 Å². The third-order valence-corrected chi connectivity index (χ3v) is 8.81. The third-order valence-electron chi connectivity index (χ3n) is 8.81. The predicted octanol–water partition coefficient (Wildman–Crippen LogP) is 5.18. The van der Waals surface area contributed by atoms with Gasteiger partial charge in [0.25, 0.3) is 0 Å². The Bertz CT molecular complexity index is 1060. The van der Waals surface area contributed by atoms with Crippen molar-refractivity contribution in [2.75, 3.05) is 33.5 Å². The molecule has 2 aliphatic carbocycles. The Hall–Kier alpha value is -2.57. The molecule has 3 aliphatic heterocycles. The van der Waals surface area contributed by atoms with E-state index >= 15 is 0 Å². The second kappa shape index (κ2) is 8.58. The Labute approximate surface area is 201 Å². The molecular formula is C28H34N2O4. The van der Waals surface area contributed by atoms with Gasteiger partial charge in [-0.05, 0) is 97.3 Å². The summed E-state index contributed by atoms with van der Waals surface area (Å²) in [6, 6.07) is 14.9. The number of methoxy groups -OCH3 is 1. The molecule has 2 atom stereocenters. The fourth-order valence-corrected chi connectivity index (χ4v) is 6.81. The number of rotatable bonds is 6. The van der Waals surface area contributed by atoms with E-state index in [9.17, 15) is 9.90 Å². The summed E-state index contributed by atoms with van der Waals surface area (Å²) in [6.45, 7) is 3.38. The van der Waals surface area contributed by atoms with Crippen LogP contribution in [-0.4, -0.2) is 60.6 Å². The van der Waals surface area contributed by atoms with Gasteiger partial charge in [0.15, 0.2) is 6.79 Å². The second-order valence-corrected chi connectivity index (χ2v) is 10.6. The number of hydrogen-bond acceptors (Lipinski definition) is 4. The molecule has 7 rings (SSSR count). The van der Waals surface area contributed by atoms with Gasteiger partial charge < -0.3 is 19.5 Å². The minimum Gasteiger partial charge on any atom is -0.468 e. The van der Waals surface area contributed by atoms with E-state index in [-0.39, 0.29) is 24.3 Å². The highest BCUT2D eigenvalue weighted by atomic mass is 16.7. The van der Waals surface area contributed by atoms with Crippen LogP contribution in [0.25, 0.3) is 11.1 Å². The third kappa shape index (κ3) is 3.77. The minimum atomic E-state index is -0.737. The van der Waals surface area contributed by atoms with Crippen LogP contribution in [0, 0.1) is 11.3 Å². The molecule has 2 aromatic carbocycles. The number of benzene rings is 2. The SMILES string of the molecule is COCOc1ccc(-c2ccc3c(c2)CCC2(CC2)C3N(C(=O)O)[C@@H]2CN3CCC2CC3)cc1. The summed E-state index contributed by atoms with van der Waals surface area (Å²) >= 11 is 0. The van der Waals surface area contributed by atoms with Crippen molar-refractivity contribution in [3.05, 3.63) is 53.6 Å². The summed E-state index contributed by atoms with van der Waals surface area (Å²) in [5.41, 5.74) is 5.01. The lowest BCUT2D eigenvalue weighted by Gasteiger charge is -2.52. The first-order chi connectivity index (χ1) is 16.6. The molecule has 3 heterocycles. The van der Waals surface area contributed by atoms with E-state index < -0.39 is 6.09 Å². The molecule has 1 N–H and O–H groups in total. The molecule has 0 radical (unpaired) electrons. The molecule has 1 saturated carbocycles. The number of carbonyl (C=O) groups is 1. The fraction of sp³-hybridized carbons (Fsp3) is 0.536. The van der Waals surface area contributed by atoms with Crippen molar-refractivity contribution in [3.63, 3.8) is 0 Å². The topological polar surface area (TPSA) is 62.2 Å². The number of amides is 1. The van der Waals surface area contributed by atoms with Gasteiger partial charge in [0.1, 0.15) is 5.75 Å². The molecule has 4 fully saturated rings. The van der Waals surface area contributed by atoms with Gasteiger partial charge >= 0.3 is 6.09 Å². The number of carboxylic acid groups (broad SMARTS) is 1. The highest BCUT2D eigenvalue weighted by Crippen LogP contribution is 2.63. The summed E-state index contributed by atoms with van der Waals surface area (Å²) in [7, 11) is 1.61. The van der Waals surface area contributed by atoms with E-state index in [1.165, 1.54) is 16.7 Å². The highest BCUT2D eigenvalue weighted by Gasteiger charge is 2.57. The maximum absolute atomic E-state index is 12.8. The molecule has 1 spiro atoms. The molecule has 6 nitrogen and oxygen atoms in total. The average Bonchev–Trinajstić information content (AvgIpc) is 3.65. The van der Waals surface area contributed by atoms with Gasteiger partial charge in [0.2, 0.25) is 0 Å². The molecule has 34 heavy (non-hydrogen) atoms. The Kier molecular flexibility index (Phi) is 5.53. The van der Waals surface area contributed by atoms with Crippen LogP contribution < -0.4 is 4.74 Å². The van der Waals surface area contributed by atoms with Crippen LogP contribution in [0.4, 0.5) is 4.79 Å². The average molecular weight is 463 g/mol. The van der Waals surface area contributed by atoms with Crippen molar-refractivity contribution in [2.45, 2.75) is 50.6 Å². The molecular weight excluding hydrogens is 428 g/mol. The minimum absolute atomic E-state index is 0.0156. The van der Waals surface area contributed by atoms with Gasteiger partial charge in [-0.15, -0.1) is 0 Å². The van der Waals surface area contributed by atoms with Gasteiger partial charge in [-0.1, -0.05) is 30.3 Å². The van der Waals surface area contributed by atoms with Crippen LogP contribution >= 0.6 is 0 Å². The van der Waals surface area contributed by atoms with Crippen LogP contribution in [0.3, 0.4) is 0 Å². The number of fused-ring (bicyclic) bond motifs is 4. The first-order valence-corrected chi connectivity index (χ1v) is 12.7. The number of ether oxygens (including phenoxy) is 2. The Morgan fingerprint density at radius 3 is 2.44 bits per heavy atom. The molecule has 0 aromatic heterocycles. The summed E-state index contributed by atoms with van der Waals surface area (Å²) < 4.78 is 10.5. The quantitative estimate of drug-likeness (QED) is 0.600. The summed E-state index contributed by atoms with van der Waals surface area (Å²) in [5.74, 6) is 1.29. The van der Waals surface area contributed by atoms with Gasteiger partial charge in [-0.2, -0.15) is 0 Å². The summed E-state index contributed by atoms with van der Waals surface area (Å²) in [4.78, 5) is 17.2. The highest BCUT2D eigenvalue weighted by molar-refractivity contribution is 5.69. The Balaban J connectivity index is 1.32. The summed E-state index contributed by atoms with van der Waals surface area (Å²) in [6.07, 6.45) is 5.93.